The van der Waals surface area contributed by atoms with Gasteiger partial charge in [-0.05, 0) is 46.1 Å². The van der Waals surface area contributed by atoms with E-state index in [1.54, 1.807) is 6.20 Å². The second kappa shape index (κ2) is 5.85. The maximum atomic E-state index is 11.8. The fraction of sp³-hybridized carbons (Fsp3) is 0.250. The summed E-state index contributed by atoms with van der Waals surface area (Å²) < 4.78 is 0.996. The van der Waals surface area contributed by atoms with Crippen LogP contribution in [-0.2, 0) is 4.79 Å². The minimum Gasteiger partial charge on any atom is -0.369 e. The van der Waals surface area contributed by atoms with Gasteiger partial charge in [0.05, 0.1) is 0 Å². The van der Waals surface area contributed by atoms with Crippen LogP contribution >= 0.6 is 15.9 Å². The number of nitrogens with one attached hydrogen (secondary N) is 2. The number of hydrogen-bond donors (Lipinski definition) is 2. The standard InChI is InChI=1S/C16H16BrN3O/c1-10-6-15(19-9-13(10)17)18-8-11-7-16(21)20-14-5-3-2-4-12(11)14/h2-6,9,11H,7-8H2,1H3,(H,18,19)(H,20,21). The van der Waals surface area contributed by atoms with Gasteiger partial charge in [-0.2, -0.15) is 0 Å². The van der Waals surface area contributed by atoms with Gasteiger partial charge in [0.25, 0.3) is 0 Å². The van der Waals surface area contributed by atoms with Crippen LogP contribution in [0.25, 0.3) is 0 Å². The Morgan fingerprint density at radius 3 is 3.05 bits per heavy atom. The second-order valence-corrected chi connectivity index (χ2v) is 6.09. The lowest BCUT2D eigenvalue weighted by atomic mass is 9.90. The van der Waals surface area contributed by atoms with Crippen molar-refractivity contribution in [1.29, 1.82) is 0 Å². The van der Waals surface area contributed by atoms with Gasteiger partial charge >= 0.3 is 0 Å². The van der Waals surface area contributed by atoms with Gasteiger partial charge in [0.2, 0.25) is 5.91 Å². The molecule has 0 spiro atoms. The lowest BCUT2D eigenvalue weighted by Gasteiger charge is -2.25. The summed E-state index contributed by atoms with van der Waals surface area (Å²) in [6.45, 7) is 2.72. The summed E-state index contributed by atoms with van der Waals surface area (Å²) >= 11 is 3.44. The predicted octanol–water partition coefficient (Wildman–Crippen LogP) is 3.69. The molecule has 1 aromatic carbocycles. The Labute approximate surface area is 132 Å². The Hall–Kier alpha value is -1.88. The van der Waals surface area contributed by atoms with Crippen molar-refractivity contribution in [3.8, 4) is 0 Å². The summed E-state index contributed by atoms with van der Waals surface area (Å²) in [6, 6.07) is 9.96. The van der Waals surface area contributed by atoms with E-state index < -0.39 is 0 Å². The average molecular weight is 346 g/mol. The summed E-state index contributed by atoms with van der Waals surface area (Å²) in [5, 5.41) is 6.25. The number of hydrogen-bond acceptors (Lipinski definition) is 3. The number of halogens is 1. The molecule has 0 aliphatic carbocycles. The van der Waals surface area contributed by atoms with Crippen LogP contribution in [-0.4, -0.2) is 17.4 Å². The van der Waals surface area contributed by atoms with Crippen LogP contribution in [0, 0.1) is 6.92 Å². The Kier molecular flexibility index (Phi) is 3.92. The zero-order valence-electron chi connectivity index (χ0n) is 11.7. The van der Waals surface area contributed by atoms with Crippen molar-refractivity contribution in [1.82, 2.24) is 4.98 Å². The highest BCUT2D eigenvalue weighted by molar-refractivity contribution is 9.10. The third-order valence-electron chi connectivity index (χ3n) is 3.68. The van der Waals surface area contributed by atoms with Gasteiger partial charge < -0.3 is 10.6 Å². The van der Waals surface area contributed by atoms with Gasteiger partial charge in [-0.1, -0.05) is 18.2 Å². The predicted molar refractivity (Wildman–Crippen MR) is 87.6 cm³/mol. The van der Waals surface area contributed by atoms with Gasteiger partial charge in [0.1, 0.15) is 5.82 Å². The maximum Gasteiger partial charge on any atom is 0.225 e. The molecule has 1 atom stereocenters. The quantitative estimate of drug-likeness (QED) is 0.891. The molecule has 1 unspecified atom stereocenters. The number of anilines is 2. The maximum absolute atomic E-state index is 11.8. The van der Waals surface area contributed by atoms with Crippen LogP contribution in [0.5, 0.6) is 0 Å². The van der Waals surface area contributed by atoms with Crippen LogP contribution in [0.15, 0.2) is 41.0 Å². The molecule has 0 bridgehead atoms. The molecule has 2 N–H and O–H groups in total. The molecule has 1 aliphatic heterocycles. The first-order valence-electron chi connectivity index (χ1n) is 6.88. The van der Waals surface area contributed by atoms with E-state index in [1.165, 1.54) is 5.56 Å². The fourth-order valence-corrected chi connectivity index (χ4v) is 2.76. The van der Waals surface area contributed by atoms with Crippen LogP contribution in [0.4, 0.5) is 11.5 Å². The zero-order chi connectivity index (χ0) is 14.8. The smallest absolute Gasteiger partial charge is 0.225 e. The van der Waals surface area contributed by atoms with Crippen LogP contribution in [0.3, 0.4) is 0 Å². The van der Waals surface area contributed by atoms with Crippen molar-refractivity contribution in [3.05, 3.63) is 52.1 Å². The van der Waals surface area contributed by atoms with Gasteiger partial charge in [0, 0.05) is 35.2 Å². The van der Waals surface area contributed by atoms with Crippen LogP contribution in [0.1, 0.15) is 23.5 Å². The number of amides is 1. The molecule has 0 saturated heterocycles. The number of carbonyl (C=O) groups excluding carboxylic acids is 1. The average Bonchev–Trinajstić information content (AvgIpc) is 2.48. The number of aryl methyl sites for hydroxylation is 1. The third kappa shape index (κ3) is 3.08. The third-order valence-corrected chi connectivity index (χ3v) is 4.51. The van der Waals surface area contributed by atoms with Crippen molar-refractivity contribution < 1.29 is 4.79 Å². The molecule has 0 saturated carbocycles. The van der Waals surface area contributed by atoms with Crippen molar-refractivity contribution >= 4 is 33.3 Å². The van der Waals surface area contributed by atoms with Gasteiger partial charge in [0.15, 0.2) is 0 Å². The Morgan fingerprint density at radius 2 is 2.24 bits per heavy atom. The number of nitrogens with zero attached hydrogens (tertiary/aromatic N) is 1. The first kappa shape index (κ1) is 14.1. The molecule has 1 amide bonds. The number of rotatable bonds is 3. The van der Waals surface area contributed by atoms with E-state index >= 15 is 0 Å². The molecule has 0 fully saturated rings. The van der Waals surface area contributed by atoms with E-state index in [4.69, 9.17) is 0 Å². The van der Waals surface area contributed by atoms with E-state index in [2.05, 4.69) is 37.6 Å². The van der Waals surface area contributed by atoms with Gasteiger partial charge in [-0.25, -0.2) is 4.98 Å². The number of fused-ring (bicyclic) bond motifs is 1. The molecule has 21 heavy (non-hydrogen) atoms. The minimum atomic E-state index is 0.0699. The summed E-state index contributed by atoms with van der Waals surface area (Å²) in [5.41, 5.74) is 3.23. The van der Waals surface area contributed by atoms with Crippen molar-refractivity contribution in [2.45, 2.75) is 19.3 Å². The van der Waals surface area contributed by atoms with Gasteiger partial charge in [-0.15, -0.1) is 0 Å². The van der Waals surface area contributed by atoms with E-state index in [9.17, 15) is 4.79 Å². The minimum absolute atomic E-state index is 0.0699. The number of para-hydroxylation sites is 1. The van der Waals surface area contributed by atoms with Crippen molar-refractivity contribution in [3.63, 3.8) is 0 Å². The molecule has 4 nitrogen and oxygen atoms in total. The Balaban J connectivity index is 1.76. The lowest BCUT2D eigenvalue weighted by Crippen LogP contribution is -2.26. The highest BCUT2D eigenvalue weighted by Gasteiger charge is 2.24. The molecular weight excluding hydrogens is 330 g/mol. The second-order valence-electron chi connectivity index (χ2n) is 5.24. The molecule has 108 valence electrons. The van der Waals surface area contributed by atoms with Crippen molar-refractivity contribution in [2.24, 2.45) is 0 Å². The summed E-state index contributed by atoms with van der Waals surface area (Å²) in [5.74, 6) is 1.07. The fourth-order valence-electron chi connectivity index (χ4n) is 2.55. The Bertz CT molecular complexity index is 687. The molecule has 5 heteroatoms. The molecule has 1 aliphatic rings. The molecular formula is C16H16BrN3O. The molecule has 2 aromatic rings. The van der Waals surface area contributed by atoms with E-state index in [-0.39, 0.29) is 11.8 Å². The highest BCUT2D eigenvalue weighted by Crippen LogP contribution is 2.32. The first-order valence-corrected chi connectivity index (χ1v) is 7.67. The normalized spacial score (nSPS) is 17.0. The number of carbonyl (C=O) groups is 1. The Morgan fingerprint density at radius 1 is 1.43 bits per heavy atom. The van der Waals surface area contributed by atoms with E-state index in [1.807, 2.05) is 31.2 Å². The summed E-state index contributed by atoms with van der Waals surface area (Å²) in [7, 11) is 0. The molecule has 3 rings (SSSR count). The molecule has 0 radical (unpaired) electrons. The van der Waals surface area contributed by atoms with Crippen LogP contribution < -0.4 is 10.6 Å². The molecule has 1 aromatic heterocycles. The summed E-state index contributed by atoms with van der Waals surface area (Å²) in [6.07, 6.45) is 2.29. The lowest BCUT2D eigenvalue weighted by molar-refractivity contribution is -0.116. The molecule has 2 heterocycles. The van der Waals surface area contributed by atoms with E-state index in [0.717, 1.165) is 21.5 Å². The topological polar surface area (TPSA) is 54.0 Å². The first-order chi connectivity index (χ1) is 10.1. The van der Waals surface area contributed by atoms with E-state index in [0.29, 0.717) is 13.0 Å². The zero-order valence-corrected chi connectivity index (χ0v) is 13.3. The van der Waals surface area contributed by atoms with Crippen molar-refractivity contribution in [2.75, 3.05) is 17.2 Å². The number of benzene rings is 1. The number of pyridine rings is 1. The highest BCUT2D eigenvalue weighted by atomic mass is 79.9. The van der Waals surface area contributed by atoms with Gasteiger partial charge in [-0.3, -0.25) is 4.79 Å². The summed E-state index contributed by atoms with van der Waals surface area (Å²) in [4.78, 5) is 16.1. The largest absolute Gasteiger partial charge is 0.369 e. The SMILES string of the molecule is Cc1cc(NCC2CC(=O)Nc3ccccc32)ncc1Br. The number of aromatic nitrogens is 1. The van der Waals surface area contributed by atoms with Crippen LogP contribution in [0.2, 0.25) is 0 Å². The monoisotopic (exact) mass is 345 g/mol.